The predicted octanol–water partition coefficient (Wildman–Crippen LogP) is 1.41. The van der Waals surface area contributed by atoms with Crippen molar-refractivity contribution in [1.29, 1.82) is 0 Å². The Morgan fingerprint density at radius 1 is 1.43 bits per heavy atom. The largest absolute Gasteiger partial charge is 0.504 e. The van der Waals surface area contributed by atoms with Gasteiger partial charge in [0.15, 0.2) is 11.5 Å². The molecule has 0 unspecified atom stereocenters. The van der Waals surface area contributed by atoms with E-state index >= 15 is 0 Å². The fourth-order valence-corrected chi connectivity index (χ4v) is 1.37. The van der Waals surface area contributed by atoms with E-state index in [0.29, 0.717) is 5.75 Å². The molecular weight excluding hydrogens is 182 g/mol. The Bertz CT molecular complexity index is 337. The molecule has 1 aromatic rings. The molecule has 0 aliphatic heterocycles. The summed E-state index contributed by atoms with van der Waals surface area (Å²) in [5.41, 5.74) is 2.54. The van der Waals surface area contributed by atoms with E-state index in [-0.39, 0.29) is 12.4 Å². The first kappa shape index (κ1) is 10.8. The molecule has 0 amide bonds. The van der Waals surface area contributed by atoms with Gasteiger partial charge in [-0.3, -0.25) is 4.84 Å². The lowest BCUT2D eigenvalue weighted by Gasteiger charge is -2.13. The summed E-state index contributed by atoms with van der Waals surface area (Å²) >= 11 is 0. The van der Waals surface area contributed by atoms with Crippen molar-refractivity contribution in [3.63, 3.8) is 0 Å². The number of methoxy groups -OCH3 is 1. The van der Waals surface area contributed by atoms with Crippen molar-refractivity contribution >= 4 is 0 Å². The smallest absolute Gasteiger partial charge is 0.166 e. The first-order chi connectivity index (χ1) is 6.61. The summed E-state index contributed by atoms with van der Waals surface area (Å²) < 4.78 is 5.08. The highest BCUT2D eigenvalue weighted by molar-refractivity contribution is 5.53. The minimum Gasteiger partial charge on any atom is -0.504 e. The summed E-state index contributed by atoms with van der Waals surface area (Å²) in [6.45, 7) is 3.96. The molecular formula is C10H15NO3. The maximum Gasteiger partial charge on any atom is 0.166 e. The number of benzene rings is 1. The van der Waals surface area contributed by atoms with Gasteiger partial charge in [0, 0.05) is 5.56 Å². The van der Waals surface area contributed by atoms with Gasteiger partial charge in [0.2, 0.25) is 0 Å². The van der Waals surface area contributed by atoms with Crippen molar-refractivity contribution in [2.45, 2.75) is 20.5 Å². The lowest BCUT2D eigenvalue weighted by Crippen LogP contribution is -2.02. The number of hydrogen-bond acceptors (Lipinski definition) is 4. The van der Waals surface area contributed by atoms with Crippen LogP contribution in [-0.2, 0) is 11.4 Å². The van der Waals surface area contributed by atoms with Gasteiger partial charge < -0.3 is 9.84 Å². The fraction of sp³-hybridized carbons (Fsp3) is 0.400. The van der Waals surface area contributed by atoms with E-state index < -0.39 is 0 Å². The maximum atomic E-state index is 9.76. The second-order valence-corrected chi connectivity index (χ2v) is 3.17. The third-order valence-corrected chi connectivity index (χ3v) is 2.29. The van der Waals surface area contributed by atoms with E-state index in [4.69, 9.17) is 10.6 Å². The highest BCUT2D eigenvalue weighted by Gasteiger charge is 2.13. The van der Waals surface area contributed by atoms with Crippen LogP contribution in [0.15, 0.2) is 6.07 Å². The molecule has 1 aromatic carbocycles. The molecule has 0 aliphatic rings. The van der Waals surface area contributed by atoms with Crippen LogP contribution in [0.3, 0.4) is 0 Å². The van der Waals surface area contributed by atoms with Crippen molar-refractivity contribution in [3.8, 4) is 11.5 Å². The lowest BCUT2D eigenvalue weighted by molar-refractivity contribution is 0.121. The molecule has 0 bridgehead atoms. The van der Waals surface area contributed by atoms with Gasteiger partial charge >= 0.3 is 0 Å². The second-order valence-electron chi connectivity index (χ2n) is 3.17. The number of hydrogen-bond donors (Lipinski definition) is 2. The molecule has 0 atom stereocenters. The third kappa shape index (κ3) is 1.81. The number of ether oxygens (including phenoxy) is 1. The van der Waals surface area contributed by atoms with E-state index in [1.54, 1.807) is 0 Å². The Morgan fingerprint density at radius 2 is 2.07 bits per heavy atom. The van der Waals surface area contributed by atoms with Gasteiger partial charge in [0.05, 0.1) is 13.7 Å². The molecule has 14 heavy (non-hydrogen) atoms. The number of aromatic hydroxyl groups is 1. The number of nitrogens with two attached hydrogens (primary N) is 1. The normalized spacial score (nSPS) is 10.3. The van der Waals surface area contributed by atoms with E-state index in [0.717, 1.165) is 16.7 Å². The van der Waals surface area contributed by atoms with Crippen LogP contribution in [0.5, 0.6) is 11.5 Å². The number of rotatable bonds is 3. The van der Waals surface area contributed by atoms with Crippen LogP contribution >= 0.6 is 0 Å². The van der Waals surface area contributed by atoms with Crippen molar-refractivity contribution in [1.82, 2.24) is 0 Å². The number of phenolic OH excluding ortho intramolecular Hbond substituents is 1. The van der Waals surface area contributed by atoms with E-state index in [2.05, 4.69) is 4.84 Å². The molecule has 0 radical (unpaired) electrons. The highest BCUT2D eigenvalue weighted by atomic mass is 16.6. The standard InChI is InChI=1S/C10H15NO3/c1-6-4-8(5-14-11)10(13-3)9(12)7(6)2/h4,12H,5,11H2,1-3H3. The molecule has 0 saturated heterocycles. The van der Waals surface area contributed by atoms with Crippen molar-refractivity contribution in [2.24, 2.45) is 5.90 Å². The second kappa shape index (κ2) is 4.30. The first-order valence-corrected chi connectivity index (χ1v) is 4.29. The Labute approximate surface area is 83.2 Å². The Kier molecular flexibility index (Phi) is 3.33. The zero-order valence-corrected chi connectivity index (χ0v) is 8.63. The van der Waals surface area contributed by atoms with E-state index in [9.17, 15) is 5.11 Å². The van der Waals surface area contributed by atoms with Crippen molar-refractivity contribution < 1.29 is 14.7 Å². The first-order valence-electron chi connectivity index (χ1n) is 4.29. The van der Waals surface area contributed by atoms with Crippen LogP contribution in [-0.4, -0.2) is 12.2 Å². The molecule has 0 saturated carbocycles. The van der Waals surface area contributed by atoms with Crippen LogP contribution < -0.4 is 10.6 Å². The van der Waals surface area contributed by atoms with Crippen LogP contribution in [0.4, 0.5) is 0 Å². The van der Waals surface area contributed by atoms with Crippen LogP contribution in [0.25, 0.3) is 0 Å². The molecule has 0 aliphatic carbocycles. The SMILES string of the molecule is COc1c(CON)cc(C)c(C)c1O. The van der Waals surface area contributed by atoms with E-state index in [1.165, 1.54) is 7.11 Å². The van der Waals surface area contributed by atoms with Gasteiger partial charge in [0.1, 0.15) is 0 Å². The molecule has 0 aromatic heterocycles. The molecule has 0 spiro atoms. The molecule has 0 heterocycles. The summed E-state index contributed by atoms with van der Waals surface area (Å²) in [7, 11) is 1.50. The maximum absolute atomic E-state index is 9.76. The predicted molar refractivity (Wildman–Crippen MR) is 53.1 cm³/mol. The minimum absolute atomic E-state index is 0.152. The number of phenols is 1. The van der Waals surface area contributed by atoms with Gasteiger partial charge in [-0.1, -0.05) is 0 Å². The van der Waals surface area contributed by atoms with Gasteiger partial charge in [-0.15, -0.1) is 0 Å². The third-order valence-electron chi connectivity index (χ3n) is 2.29. The van der Waals surface area contributed by atoms with Gasteiger partial charge in [-0.2, -0.15) is 0 Å². The van der Waals surface area contributed by atoms with Gasteiger partial charge in [-0.05, 0) is 31.0 Å². The molecule has 78 valence electrons. The zero-order chi connectivity index (χ0) is 10.7. The van der Waals surface area contributed by atoms with Crippen molar-refractivity contribution in [2.75, 3.05) is 7.11 Å². The summed E-state index contributed by atoms with van der Waals surface area (Å²) in [5.74, 6) is 5.57. The summed E-state index contributed by atoms with van der Waals surface area (Å²) in [6, 6.07) is 1.89. The minimum atomic E-state index is 0.152. The summed E-state index contributed by atoms with van der Waals surface area (Å²) in [5, 5.41) is 9.76. The topological polar surface area (TPSA) is 64.7 Å². The molecule has 0 fully saturated rings. The molecule has 4 heteroatoms. The monoisotopic (exact) mass is 197 g/mol. The quantitative estimate of drug-likeness (QED) is 0.719. The van der Waals surface area contributed by atoms with Crippen LogP contribution in [0.1, 0.15) is 16.7 Å². The van der Waals surface area contributed by atoms with Gasteiger partial charge in [-0.25, -0.2) is 5.90 Å². The average molecular weight is 197 g/mol. The average Bonchev–Trinajstić information content (AvgIpc) is 2.16. The summed E-state index contributed by atoms with van der Waals surface area (Å²) in [4.78, 5) is 4.53. The van der Waals surface area contributed by atoms with Gasteiger partial charge in [0.25, 0.3) is 0 Å². The van der Waals surface area contributed by atoms with E-state index in [1.807, 2.05) is 19.9 Å². The van der Waals surface area contributed by atoms with Crippen LogP contribution in [0.2, 0.25) is 0 Å². The fourth-order valence-electron chi connectivity index (χ4n) is 1.37. The summed E-state index contributed by atoms with van der Waals surface area (Å²) in [6.07, 6.45) is 0. The number of aryl methyl sites for hydroxylation is 1. The Balaban J connectivity index is 3.28. The molecule has 3 N–H and O–H groups in total. The molecule has 1 rings (SSSR count). The van der Waals surface area contributed by atoms with Crippen molar-refractivity contribution in [3.05, 3.63) is 22.8 Å². The zero-order valence-electron chi connectivity index (χ0n) is 8.63. The Hall–Kier alpha value is -1.26. The molecule has 4 nitrogen and oxygen atoms in total. The Morgan fingerprint density at radius 3 is 2.57 bits per heavy atom. The highest BCUT2D eigenvalue weighted by Crippen LogP contribution is 2.35. The lowest BCUT2D eigenvalue weighted by atomic mass is 10.0. The van der Waals surface area contributed by atoms with Crippen LogP contribution in [0, 0.1) is 13.8 Å².